The first-order valence-electron chi connectivity index (χ1n) is 5.80. The maximum Gasteiger partial charge on any atom is 0.146 e. The molecule has 3 aromatic rings. The number of aromatic amines is 1. The van der Waals surface area contributed by atoms with Crippen molar-refractivity contribution in [1.82, 2.24) is 20.2 Å². The molecule has 0 bridgehead atoms. The van der Waals surface area contributed by atoms with Gasteiger partial charge in [0.05, 0.1) is 6.04 Å². The van der Waals surface area contributed by atoms with Crippen LogP contribution in [0.2, 0.25) is 0 Å². The van der Waals surface area contributed by atoms with Crippen molar-refractivity contribution >= 4 is 16.6 Å². The van der Waals surface area contributed by atoms with Crippen LogP contribution in [0.25, 0.3) is 10.8 Å². The number of aromatic nitrogens is 4. The molecule has 0 aliphatic rings. The summed E-state index contributed by atoms with van der Waals surface area (Å²) in [5, 5.41) is 12.3. The average molecular weight is 239 g/mol. The molecule has 0 aliphatic heterocycles. The number of benzene rings is 1. The van der Waals surface area contributed by atoms with Crippen molar-refractivity contribution in [3.05, 3.63) is 48.7 Å². The third-order valence-electron chi connectivity index (χ3n) is 2.87. The van der Waals surface area contributed by atoms with Crippen LogP contribution in [0.15, 0.2) is 42.9 Å². The van der Waals surface area contributed by atoms with Gasteiger partial charge in [-0.25, -0.2) is 9.97 Å². The Kier molecular flexibility index (Phi) is 2.64. The second-order valence-electron chi connectivity index (χ2n) is 4.12. The molecule has 1 aromatic carbocycles. The monoisotopic (exact) mass is 239 g/mol. The molecule has 1 atom stereocenters. The highest BCUT2D eigenvalue weighted by Crippen LogP contribution is 2.23. The van der Waals surface area contributed by atoms with E-state index in [4.69, 9.17) is 0 Å². The van der Waals surface area contributed by atoms with Gasteiger partial charge in [-0.15, -0.1) is 0 Å². The van der Waals surface area contributed by atoms with Crippen LogP contribution >= 0.6 is 0 Å². The van der Waals surface area contributed by atoms with Crippen LogP contribution < -0.4 is 5.32 Å². The summed E-state index contributed by atoms with van der Waals surface area (Å²) in [6, 6.07) is 10.2. The van der Waals surface area contributed by atoms with Crippen LogP contribution in [0.3, 0.4) is 0 Å². The Bertz CT molecular complexity index is 642. The van der Waals surface area contributed by atoms with Crippen molar-refractivity contribution in [2.45, 2.75) is 13.0 Å². The maximum atomic E-state index is 4.38. The summed E-state index contributed by atoms with van der Waals surface area (Å²) in [5.41, 5.74) is 0. The molecule has 0 amide bonds. The van der Waals surface area contributed by atoms with Crippen molar-refractivity contribution in [2.75, 3.05) is 5.32 Å². The molecule has 18 heavy (non-hydrogen) atoms. The van der Waals surface area contributed by atoms with Crippen molar-refractivity contribution in [1.29, 1.82) is 0 Å². The van der Waals surface area contributed by atoms with E-state index in [-0.39, 0.29) is 6.04 Å². The van der Waals surface area contributed by atoms with Gasteiger partial charge in [-0.2, -0.15) is 5.10 Å². The molecule has 3 rings (SSSR count). The van der Waals surface area contributed by atoms with Crippen LogP contribution in [0.1, 0.15) is 18.8 Å². The van der Waals surface area contributed by atoms with Crippen LogP contribution in [0.5, 0.6) is 0 Å². The molecular formula is C13H13N5. The topological polar surface area (TPSA) is 66.5 Å². The minimum absolute atomic E-state index is 0.0332. The molecule has 2 N–H and O–H groups in total. The molecule has 0 spiro atoms. The molecule has 0 aliphatic carbocycles. The van der Waals surface area contributed by atoms with Gasteiger partial charge in [0.25, 0.3) is 0 Å². The first kappa shape index (κ1) is 10.7. The molecule has 5 nitrogen and oxygen atoms in total. The highest BCUT2D eigenvalue weighted by molar-refractivity contribution is 5.91. The summed E-state index contributed by atoms with van der Waals surface area (Å²) >= 11 is 0. The molecule has 0 fully saturated rings. The molecule has 0 saturated carbocycles. The molecule has 90 valence electrons. The predicted octanol–water partition coefficient (Wildman–Crippen LogP) is 2.53. The van der Waals surface area contributed by atoms with Gasteiger partial charge in [-0.3, -0.25) is 5.10 Å². The Labute approximate surface area is 104 Å². The summed E-state index contributed by atoms with van der Waals surface area (Å²) < 4.78 is 0. The quantitative estimate of drug-likeness (QED) is 0.737. The van der Waals surface area contributed by atoms with E-state index in [9.17, 15) is 0 Å². The van der Waals surface area contributed by atoms with Gasteiger partial charge in [-0.1, -0.05) is 24.3 Å². The Morgan fingerprint density at radius 3 is 2.89 bits per heavy atom. The smallest absolute Gasteiger partial charge is 0.146 e. The summed E-state index contributed by atoms with van der Waals surface area (Å²) in [7, 11) is 0. The third-order valence-corrected chi connectivity index (χ3v) is 2.87. The van der Waals surface area contributed by atoms with Crippen LogP contribution in [0, 0.1) is 0 Å². The third kappa shape index (κ3) is 1.90. The fourth-order valence-corrected chi connectivity index (χ4v) is 1.93. The van der Waals surface area contributed by atoms with E-state index < -0.39 is 0 Å². The van der Waals surface area contributed by atoms with Gasteiger partial charge in [0, 0.05) is 11.6 Å². The number of nitrogens with one attached hydrogen (secondary N) is 2. The van der Waals surface area contributed by atoms with Crippen molar-refractivity contribution in [2.24, 2.45) is 0 Å². The molecule has 1 unspecified atom stereocenters. The lowest BCUT2D eigenvalue weighted by Crippen LogP contribution is -2.09. The zero-order valence-corrected chi connectivity index (χ0v) is 9.96. The van der Waals surface area contributed by atoms with E-state index in [1.807, 2.05) is 25.1 Å². The Morgan fingerprint density at radius 1 is 1.17 bits per heavy atom. The van der Waals surface area contributed by atoms with Gasteiger partial charge in [0.15, 0.2) is 0 Å². The van der Waals surface area contributed by atoms with Crippen molar-refractivity contribution in [3.8, 4) is 0 Å². The minimum atomic E-state index is 0.0332. The number of hydrogen-bond donors (Lipinski definition) is 2. The summed E-state index contributed by atoms with van der Waals surface area (Å²) in [4.78, 5) is 8.52. The summed E-state index contributed by atoms with van der Waals surface area (Å²) in [5.74, 6) is 1.65. The SMILES string of the molecule is CC(Nc1nccc2ccccc12)c1ncn[nH]1. The maximum absolute atomic E-state index is 4.38. The highest BCUT2D eigenvalue weighted by atomic mass is 15.2. The van der Waals surface area contributed by atoms with E-state index >= 15 is 0 Å². The van der Waals surface area contributed by atoms with E-state index in [0.29, 0.717) is 0 Å². The minimum Gasteiger partial charge on any atom is -0.360 e. The standard InChI is InChI=1S/C13H13N5/c1-9(12-15-8-16-18-12)17-13-11-5-3-2-4-10(11)6-7-14-13/h2-9H,1H3,(H,14,17)(H,15,16,18). The number of rotatable bonds is 3. The molecule has 2 aromatic heterocycles. The predicted molar refractivity (Wildman–Crippen MR) is 70.2 cm³/mol. The number of pyridine rings is 1. The second kappa shape index (κ2) is 4.44. The Hall–Kier alpha value is -2.43. The zero-order valence-electron chi connectivity index (χ0n) is 9.96. The number of hydrogen-bond acceptors (Lipinski definition) is 4. The van der Waals surface area contributed by atoms with Gasteiger partial charge >= 0.3 is 0 Å². The zero-order chi connectivity index (χ0) is 12.4. The van der Waals surface area contributed by atoms with Crippen LogP contribution in [0.4, 0.5) is 5.82 Å². The number of fused-ring (bicyclic) bond motifs is 1. The average Bonchev–Trinajstić information content (AvgIpc) is 2.93. The summed E-state index contributed by atoms with van der Waals surface area (Å²) in [6.07, 6.45) is 3.31. The van der Waals surface area contributed by atoms with E-state index in [1.165, 1.54) is 11.7 Å². The Balaban J connectivity index is 1.95. The summed E-state index contributed by atoms with van der Waals surface area (Å²) in [6.45, 7) is 2.02. The van der Waals surface area contributed by atoms with Crippen LogP contribution in [-0.2, 0) is 0 Å². The fraction of sp³-hybridized carbons (Fsp3) is 0.154. The number of H-pyrrole nitrogens is 1. The number of nitrogens with zero attached hydrogens (tertiary/aromatic N) is 3. The second-order valence-corrected chi connectivity index (χ2v) is 4.12. The normalized spacial score (nSPS) is 12.5. The van der Waals surface area contributed by atoms with E-state index in [2.05, 4.69) is 37.6 Å². The molecular weight excluding hydrogens is 226 g/mol. The highest BCUT2D eigenvalue weighted by Gasteiger charge is 2.10. The van der Waals surface area contributed by atoms with Gasteiger partial charge < -0.3 is 5.32 Å². The lowest BCUT2D eigenvalue weighted by molar-refractivity contribution is 0.792. The van der Waals surface area contributed by atoms with Gasteiger partial charge in [-0.05, 0) is 18.4 Å². The molecule has 0 radical (unpaired) electrons. The fourth-order valence-electron chi connectivity index (χ4n) is 1.93. The van der Waals surface area contributed by atoms with E-state index in [1.54, 1.807) is 6.20 Å². The lowest BCUT2D eigenvalue weighted by atomic mass is 10.1. The van der Waals surface area contributed by atoms with E-state index in [0.717, 1.165) is 17.0 Å². The first-order chi connectivity index (χ1) is 8.84. The first-order valence-corrected chi connectivity index (χ1v) is 5.80. The lowest BCUT2D eigenvalue weighted by Gasteiger charge is -2.13. The van der Waals surface area contributed by atoms with Crippen LogP contribution in [-0.4, -0.2) is 20.2 Å². The van der Waals surface area contributed by atoms with Crippen molar-refractivity contribution in [3.63, 3.8) is 0 Å². The van der Waals surface area contributed by atoms with Gasteiger partial charge in [0.1, 0.15) is 18.0 Å². The molecule has 5 heteroatoms. The van der Waals surface area contributed by atoms with Crippen molar-refractivity contribution < 1.29 is 0 Å². The number of anilines is 1. The molecule has 0 saturated heterocycles. The largest absolute Gasteiger partial charge is 0.360 e. The van der Waals surface area contributed by atoms with Gasteiger partial charge in [0.2, 0.25) is 0 Å². The Morgan fingerprint density at radius 2 is 2.06 bits per heavy atom. The molecule has 2 heterocycles.